The maximum Gasteiger partial charge on any atom is 0.416 e. The van der Waals surface area contributed by atoms with E-state index in [4.69, 9.17) is 4.74 Å². The van der Waals surface area contributed by atoms with Crippen LogP contribution in [-0.4, -0.2) is 10.8 Å². The molecule has 0 aromatic heterocycles. The number of anilines is 1. The maximum absolute atomic E-state index is 12.9. The quantitative estimate of drug-likeness (QED) is 0.207. The van der Waals surface area contributed by atoms with Crippen LogP contribution in [0.4, 0.5) is 24.5 Å². The van der Waals surface area contributed by atoms with Crippen molar-refractivity contribution in [1.82, 2.24) is 0 Å². The molecule has 3 aromatic carbocycles. The molecule has 7 nitrogen and oxygen atoms in total. The fourth-order valence-electron chi connectivity index (χ4n) is 2.88. The van der Waals surface area contributed by atoms with Crippen molar-refractivity contribution >= 4 is 23.4 Å². The summed E-state index contributed by atoms with van der Waals surface area (Å²) < 4.78 is 44.4. The van der Waals surface area contributed by atoms with E-state index in [1.54, 1.807) is 42.5 Å². The summed E-state index contributed by atoms with van der Waals surface area (Å²) >= 11 is 0. The molecule has 0 radical (unpaired) electrons. The van der Waals surface area contributed by atoms with E-state index in [0.717, 1.165) is 18.2 Å². The Hall–Kier alpha value is -4.65. The van der Waals surface area contributed by atoms with E-state index >= 15 is 0 Å². The van der Waals surface area contributed by atoms with Crippen LogP contribution in [0, 0.1) is 21.4 Å². The number of benzene rings is 3. The molecule has 0 aliphatic rings. The van der Waals surface area contributed by atoms with Crippen LogP contribution in [0.15, 0.2) is 78.4 Å². The van der Waals surface area contributed by atoms with Crippen molar-refractivity contribution < 1.29 is 27.6 Å². The van der Waals surface area contributed by atoms with Gasteiger partial charge >= 0.3 is 6.18 Å². The van der Waals surface area contributed by atoms with Crippen LogP contribution in [-0.2, 0) is 17.6 Å². The number of hydrogen-bond donors (Lipinski definition) is 1. The third-order valence-corrected chi connectivity index (χ3v) is 4.57. The predicted octanol–water partition coefficient (Wildman–Crippen LogP) is 5.74. The highest BCUT2D eigenvalue weighted by molar-refractivity contribution is 6.09. The molecule has 0 saturated carbocycles. The highest BCUT2D eigenvalue weighted by Crippen LogP contribution is 2.31. The van der Waals surface area contributed by atoms with Gasteiger partial charge in [-0.15, -0.1) is 0 Å². The van der Waals surface area contributed by atoms with Crippen LogP contribution in [0.1, 0.15) is 16.7 Å². The molecule has 0 spiro atoms. The Labute approximate surface area is 191 Å². The molecule has 3 aromatic rings. The van der Waals surface area contributed by atoms with Gasteiger partial charge in [-0.05, 0) is 48.0 Å². The summed E-state index contributed by atoms with van der Waals surface area (Å²) in [5.41, 5.74) is -0.393. The lowest BCUT2D eigenvalue weighted by Gasteiger charge is -2.11. The van der Waals surface area contributed by atoms with Crippen LogP contribution >= 0.6 is 0 Å². The monoisotopic (exact) mass is 467 g/mol. The van der Waals surface area contributed by atoms with E-state index in [2.05, 4.69) is 5.32 Å². The van der Waals surface area contributed by atoms with Gasteiger partial charge in [0.1, 0.15) is 24.0 Å². The number of carbonyl (C=O) groups is 1. The number of nitrogens with zero attached hydrogens (tertiary/aromatic N) is 2. The zero-order chi connectivity index (χ0) is 24.7. The van der Waals surface area contributed by atoms with E-state index in [1.165, 1.54) is 24.3 Å². The zero-order valence-corrected chi connectivity index (χ0v) is 17.4. The average Bonchev–Trinajstić information content (AvgIpc) is 2.81. The largest absolute Gasteiger partial charge is 0.488 e. The Morgan fingerprint density at radius 2 is 1.79 bits per heavy atom. The Kier molecular flexibility index (Phi) is 7.28. The number of carbonyl (C=O) groups excluding carboxylic acids is 1. The number of alkyl halides is 3. The van der Waals surface area contributed by atoms with Crippen LogP contribution < -0.4 is 10.1 Å². The number of para-hydroxylation sites is 1. The fourth-order valence-corrected chi connectivity index (χ4v) is 2.88. The second-order valence-electron chi connectivity index (χ2n) is 6.95. The second-order valence-corrected chi connectivity index (χ2v) is 6.95. The minimum absolute atomic E-state index is 0.0578. The lowest BCUT2D eigenvalue weighted by molar-refractivity contribution is -0.384. The van der Waals surface area contributed by atoms with Crippen molar-refractivity contribution in [3.8, 4) is 11.8 Å². The van der Waals surface area contributed by atoms with Crippen LogP contribution in [0.25, 0.3) is 6.08 Å². The summed E-state index contributed by atoms with van der Waals surface area (Å²) in [4.78, 5) is 22.7. The van der Waals surface area contributed by atoms with Gasteiger partial charge in [0.15, 0.2) is 0 Å². The van der Waals surface area contributed by atoms with Gasteiger partial charge in [-0.1, -0.05) is 24.3 Å². The van der Waals surface area contributed by atoms with Gasteiger partial charge in [0.05, 0.1) is 10.5 Å². The van der Waals surface area contributed by atoms with E-state index in [1.807, 2.05) is 0 Å². The number of nitrogens with one attached hydrogen (secondary N) is 1. The van der Waals surface area contributed by atoms with Crippen LogP contribution in [0.2, 0.25) is 0 Å². The van der Waals surface area contributed by atoms with Crippen molar-refractivity contribution in [2.75, 3.05) is 5.32 Å². The summed E-state index contributed by atoms with van der Waals surface area (Å²) in [6, 6.07) is 18.1. The molecule has 0 saturated heterocycles. The molecule has 1 amide bonds. The molecule has 0 fully saturated rings. The molecule has 0 heterocycles. The van der Waals surface area contributed by atoms with E-state index in [9.17, 15) is 33.3 Å². The Bertz CT molecular complexity index is 1280. The minimum atomic E-state index is -4.57. The fraction of sp³-hybridized carbons (Fsp3) is 0.0833. The summed E-state index contributed by atoms with van der Waals surface area (Å²) in [7, 11) is 0. The van der Waals surface area contributed by atoms with Crippen LogP contribution in [0.3, 0.4) is 0 Å². The third-order valence-electron chi connectivity index (χ3n) is 4.57. The van der Waals surface area contributed by atoms with Crippen molar-refractivity contribution in [2.45, 2.75) is 12.8 Å². The SMILES string of the molecule is N#C/C(=C\c1ccccc1OCc1ccc([N+](=O)[O-])cc1)C(=O)Nc1cccc(C(F)(F)F)c1. The molecule has 1 N–H and O–H groups in total. The van der Waals surface area contributed by atoms with E-state index in [-0.39, 0.29) is 23.6 Å². The number of rotatable bonds is 7. The molecule has 0 atom stereocenters. The topological polar surface area (TPSA) is 105 Å². The first-order valence-corrected chi connectivity index (χ1v) is 9.73. The average molecular weight is 467 g/mol. The van der Waals surface area contributed by atoms with Crippen molar-refractivity contribution in [2.24, 2.45) is 0 Å². The van der Waals surface area contributed by atoms with Crippen molar-refractivity contribution in [3.63, 3.8) is 0 Å². The number of hydrogen-bond acceptors (Lipinski definition) is 5. The number of ether oxygens (including phenoxy) is 1. The maximum atomic E-state index is 12.9. The Morgan fingerprint density at radius 3 is 2.44 bits per heavy atom. The number of non-ortho nitro benzene ring substituents is 1. The van der Waals surface area contributed by atoms with Gasteiger partial charge < -0.3 is 10.1 Å². The van der Waals surface area contributed by atoms with Gasteiger partial charge in [0.25, 0.3) is 11.6 Å². The van der Waals surface area contributed by atoms with Gasteiger partial charge in [-0.3, -0.25) is 14.9 Å². The number of nitriles is 1. The van der Waals surface area contributed by atoms with Crippen molar-refractivity contribution in [3.05, 3.63) is 105 Å². The predicted molar refractivity (Wildman–Crippen MR) is 118 cm³/mol. The molecular weight excluding hydrogens is 451 g/mol. The number of halogens is 3. The molecule has 0 bridgehead atoms. The number of nitro groups is 1. The van der Waals surface area contributed by atoms with Gasteiger partial charge in [0.2, 0.25) is 0 Å². The molecule has 0 aliphatic heterocycles. The second kappa shape index (κ2) is 10.3. The lowest BCUT2D eigenvalue weighted by atomic mass is 10.1. The molecule has 10 heteroatoms. The third kappa shape index (κ3) is 6.20. The molecule has 34 heavy (non-hydrogen) atoms. The standard InChI is InChI=1S/C24H16F3N3O4/c25-24(26,27)19-5-3-6-20(13-19)29-23(31)18(14-28)12-17-4-1-2-7-22(17)34-15-16-8-10-21(11-9-16)30(32)33/h1-13H,15H2,(H,29,31)/b18-12+. The molecular formula is C24H16F3N3O4. The van der Waals surface area contributed by atoms with E-state index in [0.29, 0.717) is 16.9 Å². The van der Waals surface area contributed by atoms with Gasteiger partial charge in [0, 0.05) is 23.4 Å². The van der Waals surface area contributed by atoms with Crippen molar-refractivity contribution in [1.29, 1.82) is 5.26 Å². The number of amides is 1. The molecule has 3 rings (SSSR count). The normalized spacial score (nSPS) is 11.4. The van der Waals surface area contributed by atoms with Gasteiger partial charge in [-0.2, -0.15) is 18.4 Å². The summed E-state index contributed by atoms with van der Waals surface area (Å²) in [6.07, 6.45) is -3.32. The molecule has 0 unspecified atom stereocenters. The molecule has 0 aliphatic carbocycles. The highest BCUT2D eigenvalue weighted by Gasteiger charge is 2.30. The summed E-state index contributed by atoms with van der Waals surface area (Å²) in [6.45, 7) is 0.0706. The minimum Gasteiger partial charge on any atom is -0.488 e. The van der Waals surface area contributed by atoms with Gasteiger partial charge in [-0.25, -0.2) is 0 Å². The first-order valence-electron chi connectivity index (χ1n) is 9.73. The number of nitro benzene ring substituents is 1. The summed E-state index contributed by atoms with van der Waals surface area (Å²) in [5, 5.41) is 22.5. The highest BCUT2D eigenvalue weighted by atomic mass is 19.4. The smallest absolute Gasteiger partial charge is 0.416 e. The lowest BCUT2D eigenvalue weighted by Crippen LogP contribution is -2.14. The van der Waals surface area contributed by atoms with E-state index < -0.39 is 22.6 Å². The van der Waals surface area contributed by atoms with Crippen LogP contribution in [0.5, 0.6) is 5.75 Å². The first kappa shape index (κ1) is 24.0. The Morgan fingerprint density at radius 1 is 1.09 bits per heavy atom. The Balaban J connectivity index is 1.77. The zero-order valence-electron chi connectivity index (χ0n) is 17.4. The summed E-state index contributed by atoms with van der Waals surface area (Å²) in [5.74, 6) is -0.549. The first-order chi connectivity index (χ1) is 16.2. The molecule has 172 valence electrons.